The molecule has 0 aliphatic rings. The molecule has 0 aromatic heterocycles. The number of para-hydroxylation sites is 1. The Kier molecular flexibility index (Phi) is 6.21. The van der Waals surface area contributed by atoms with Crippen LogP contribution in [0, 0.1) is 6.92 Å². The highest BCUT2D eigenvalue weighted by molar-refractivity contribution is 5.74. The quantitative estimate of drug-likeness (QED) is 0.818. The van der Waals surface area contributed by atoms with Crippen LogP contribution in [0.25, 0.3) is 0 Å². The Morgan fingerprint density at radius 2 is 2.00 bits per heavy atom. The summed E-state index contributed by atoms with van der Waals surface area (Å²) in [6, 6.07) is 5.99. The Bertz CT molecular complexity index is 477. The molecule has 0 amide bonds. The molecular weight excluding hydrogens is 266 g/mol. The first kappa shape index (κ1) is 17.5. The lowest BCUT2D eigenvalue weighted by Crippen LogP contribution is -2.35. The lowest BCUT2D eigenvalue weighted by Gasteiger charge is -2.23. The molecule has 0 fully saturated rings. The number of hydrogen-bond donors (Lipinski definition) is 1. The van der Waals surface area contributed by atoms with Gasteiger partial charge in [0.15, 0.2) is 6.10 Å². The van der Waals surface area contributed by atoms with Crippen LogP contribution >= 0.6 is 0 Å². The van der Waals surface area contributed by atoms with Crippen molar-refractivity contribution in [2.24, 2.45) is 0 Å². The number of nitrogens with one attached hydrogen (secondary N) is 1. The summed E-state index contributed by atoms with van der Waals surface area (Å²) in [5.41, 5.74) is 2.08. The van der Waals surface area contributed by atoms with Crippen LogP contribution in [-0.4, -0.2) is 24.2 Å². The van der Waals surface area contributed by atoms with Crippen molar-refractivity contribution in [3.63, 3.8) is 0 Å². The van der Waals surface area contributed by atoms with Gasteiger partial charge in [-0.05, 0) is 47.1 Å². The first-order valence-electron chi connectivity index (χ1n) is 7.41. The molecule has 1 atom stereocenters. The Labute approximate surface area is 127 Å². The Morgan fingerprint density at radius 1 is 1.33 bits per heavy atom. The van der Waals surface area contributed by atoms with Gasteiger partial charge < -0.3 is 14.8 Å². The number of carbonyl (C=O) groups excluding carboxylic acids is 1. The van der Waals surface area contributed by atoms with E-state index in [9.17, 15) is 4.79 Å². The van der Waals surface area contributed by atoms with Crippen molar-refractivity contribution in [1.82, 2.24) is 5.32 Å². The van der Waals surface area contributed by atoms with Crippen molar-refractivity contribution in [2.45, 2.75) is 59.7 Å². The average Bonchev–Trinajstić information content (AvgIpc) is 2.38. The maximum Gasteiger partial charge on any atom is 0.347 e. The van der Waals surface area contributed by atoms with E-state index in [2.05, 4.69) is 26.1 Å². The molecule has 1 rings (SSSR count). The maximum absolute atomic E-state index is 11.7. The van der Waals surface area contributed by atoms with E-state index in [4.69, 9.17) is 9.47 Å². The van der Waals surface area contributed by atoms with Crippen LogP contribution in [-0.2, 0) is 16.1 Å². The second-order valence-corrected chi connectivity index (χ2v) is 6.18. The zero-order valence-corrected chi connectivity index (χ0v) is 13.9. The third kappa shape index (κ3) is 5.76. The summed E-state index contributed by atoms with van der Waals surface area (Å²) in [6.07, 6.45) is -0.612. The summed E-state index contributed by atoms with van der Waals surface area (Å²) in [7, 11) is 0. The monoisotopic (exact) mass is 293 g/mol. The van der Waals surface area contributed by atoms with Gasteiger partial charge in [0.1, 0.15) is 5.75 Å². The highest BCUT2D eigenvalue weighted by atomic mass is 16.6. The van der Waals surface area contributed by atoms with Crippen LogP contribution in [0.2, 0.25) is 0 Å². The predicted octanol–water partition coefficient (Wildman–Crippen LogP) is 3.21. The topological polar surface area (TPSA) is 47.6 Å². The smallest absolute Gasteiger partial charge is 0.347 e. The van der Waals surface area contributed by atoms with E-state index in [0.29, 0.717) is 13.2 Å². The van der Waals surface area contributed by atoms with Gasteiger partial charge in [0.25, 0.3) is 0 Å². The lowest BCUT2D eigenvalue weighted by molar-refractivity contribution is -0.150. The summed E-state index contributed by atoms with van der Waals surface area (Å²) < 4.78 is 10.8. The molecule has 0 saturated carbocycles. The molecule has 118 valence electrons. The molecule has 1 unspecified atom stereocenters. The average molecular weight is 293 g/mol. The number of benzene rings is 1. The standard InChI is InChI=1S/C17H27NO3/c1-7-20-16(19)13(3)21-15-12(2)9-8-10-14(15)11-18-17(4,5)6/h8-10,13,18H,7,11H2,1-6H3. The number of aryl methyl sites for hydroxylation is 1. The molecule has 4 heteroatoms. The number of esters is 1. The largest absolute Gasteiger partial charge is 0.478 e. The molecule has 0 aliphatic heterocycles. The molecule has 0 heterocycles. The Hall–Kier alpha value is -1.55. The van der Waals surface area contributed by atoms with Crippen LogP contribution in [0.1, 0.15) is 45.7 Å². The van der Waals surface area contributed by atoms with E-state index >= 15 is 0 Å². The van der Waals surface area contributed by atoms with Gasteiger partial charge in [0, 0.05) is 17.6 Å². The normalized spacial score (nSPS) is 12.9. The minimum atomic E-state index is -0.612. The first-order chi connectivity index (χ1) is 9.74. The minimum absolute atomic E-state index is 0.0216. The van der Waals surface area contributed by atoms with Crippen molar-refractivity contribution in [1.29, 1.82) is 0 Å². The van der Waals surface area contributed by atoms with Crippen LogP contribution in [0.3, 0.4) is 0 Å². The molecule has 0 spiro atoms. The van der Waals surface area contributed by atoms with Crippen molar-refractivity contribution >= 4 is 5.97 Å². The summed E-state index contributed by atoms with van der Waals surface area (Å²) in [4.78, 5) is 11.7. The van der Waals surface area contributed by atoms with Crippen LogP contribution < -0.4 is 10.1 Å². The van der Waals surface area contributed by atoms with Gasteiger partial charge in [-0.1, -0.05) is 18.2 Å². The highest BCUT2D eigenvalue weighted by Crippen LogP contribution is 2.25. The lowest BCUT2D eigenvalue weighted by atomic mass is 10.1. The Balaban J connectivity index is 2.87. The molecule has 1 aromatic rings. The fraction of sp³-hybridized carbons (Fsp3) is 0.588. The van der Waals surface area contributed by atoms with Crippen molar-refractivity contribution in [3.8, 4) is 5.75 Å². The molecular formula is C17H27NO3. The van der Waals surface area contributed by atoms with E-state index in [-0.39, 0.29) is 11.5 Å². The highest BCUT2D eigenvalue weighted by Gasteiger charge is 2.19. The van der Waals surface area contributed by atoms with Crippen molar-refractivity contribution in [2.75, 3.05) is 6.61 Å². The van der Waals surface area contributed by atoms with Gasteiger partial charge in [-0.2, -0.15) is 0 Å². The zero-order valence-electron chi connectivity index (χ0n) is 13.9. The first-order valence-corrected chi connectivity index (χ1v) is 7.41. The van der Waals surface area contributed by atoms with Crippen molar-refractivity contribution < 1.29 is 14.3 Å². The Morgan fingerprint density at radius 3 is 2.57 bits per heavy atom. The maximum atomic E-state index is 11.7. The fourth-order valence-electron chi connectivity index (χ4n) is 1.87. The van der Waals surface area contributed by atoms with Gasteiger partial charge >= 0.3 is 5.97 Å². The molecule has 0 aliphatic carbocycles. The van der Waals surface area contributed by atoms with Crippen LogP contribution in [0.15, 0.2) is 18.2 Å². The fourth-order valence-corrected chi connectivity index (χ4v) is 1.87. The van der Waals surface area contributed by atoms with Gasteiger partial charge in [0.2, 0.25) is 0 Å². The van der Waals surface area contributed by atoms with E-state index in [1.165, 1.54) is 0 Å². The van der Waals surface area contributed by atoms with Gasteiger partial charge in [0.05, 0.1) is 6.61 Å². The molecule has 0 saturated heterocycles. The van der Waals surface area contributed by atoms with Gasteiger partial charge in [-0.3, -0.25) is 0 Å². The van der Waals surface area contributed by atoms with E-state index in [1.54, 1.807) is 13.8 Å². The summed E-state index contributed by atoms with van der Waals surface area (Å²) in [5, 5.41) is 3.44. The summed E-state index contributed by atoms with van der Waals surface area (Å²) >= 11 is 0. The molecule has 0 bridgehead atoms. The second kappa shape index (κ2) is 7.46. The molecule has 1 N–H and O–H groups in total. The number of ether oxygens (including phenoxy) is 2. The predicted molar refractivity (Wildman–Crippen MR) is 84.5 cm³/mol. The van der Waals surface area contributed by atoms with E-state index in [1.807, 2.05) is 25.1 Å². The molecule has 4 nitrogen and oxygen atoms in total. The summed E-state index contributed by atoms with van der Waals surface area (Å²) in [5.74, 6) is 0.422. The summed E-state index contributed by atoms with van der Waals surface area (Å²) in [6.45, 7) is 12.9. The molecule has 0 radical (unpaired) electrons. The van der Waals surface area contributed by atoms with Crippen LogP contribution in [0.4, 0.5) is 0 Å². The third-order valence-electron chi connectivity index (χ3n) is 3.02. The van der Waals surface area contributed by atoms with E-state index in [0.717, 1.165) is 16.9 Å². The number of carbonyl (C=O) groups is 1. The van der Waals surface area contributed by atoms with Gasteiger partial charge in [-0.15, -0.1) is 0 Å². The van der Waals surface area contributed by atoms with Crippen LogP contribution in [0.5, 0.6) is 5.75 Å². The SMILES string of the molecule is CCOC(=O)C(C)Oc1c(C)cccc1CNC(C)(C)C. The van der Waals surface area contributed by atoms with Gasteiger partial charge in [-0.25, -0.2) is 4.79 Å². The minimum Gasteiger partial charge on any atom is -0.478 e. The molecule has 1 aromatic carbocycles. The molecule has 21 heavy (non-hydrogen) atoms. The van der Waals surface area contributed by atoms with E-state index < -0.39 is 6.10 Å². The number of rotatable bonds is 6. The van der Waals surface area contributed by atoms with Crippen molar-refractivity contribution in [3.05, 3.63) is 29.3 Å². The zero-order chi connectivity index (χ0) is 16.0. The third-order valence-corrected chi connectivity index (χ3v) is 3.02. The second-order valence-electron chi connectivity index (χ2n) is 6.18. The number of hydrogen-bond acceptors (Lipinski definition) is 4.